The highest BCUT2D eigenvalue weighted by Gasteiger charge is 1.81. The van der Waals surface area contributed by atoms with Crippen LogP contribution in [0.25, 0.3) is 0 Å². The van der Waals surface area contributed by atoms with E-state index in [0.29, 0.717) is 0 Å². The van der Waals surface area contributed by atoms with Gasteiger partial charge in [0, 0.05) is 13.2 Å². The quantitative estimate of drug-likeness (QED) is 0.602. The number of hydrogen-bond acceptors (Lipinski definition) is 2. The van der Waals surface area contributed by atoms with E-state index >= 15 is 0 Å². The van der Waals surface area contributed by atoms with Crippen molar-refractivity contribution in [1.82, 2.24) is 0 Å². The fourth-order valence-electron chi connectivity index (χ4n) is 0.407. The predicted octanol–water partition coefficient (Wildman–Crippen LogP) is 3.11. The lowest BCUT2D eigenvalue weighted by atomic mass is 10.7. The van der Waals surface area contributed by atoms with Crippen molar-refractivity contribution in [2.45, 2.75) is 41.5 Å². The van der Waals surface area contributed by atoms with Gasteiger partial charge in [0.25, 0.3) is 0 Å². The van der Waals surface area contributed by atoms with E-state index in [1.165, 1.54) is 0 Å². The Morgan fingerprint density at radius 1 is 0.667 bits per heavy atom. The Hall–Kier alpha value is -0.0800. The molecule has 2 heteroatoms. The first-order valence-electron chi connectivity index (χ1n) is 5.07. The molecule has 0 fully saturated rings. The lowest BCUT2D eigenvalue weighted by molar-refractivity contribution is 0.0584. The molecule has 0 aromatic rings. The van der Waals surface area contributed by atoms with Gasteiger partial charge in [-0.15, -0.1) is 0 Å². The number of rotatable bonds is 5. The van der Waals surface area contributed by atoms with Crippen molar-refractivity contribution in [3.8, 4) is 0 Å². The van der Waals surface area contributed by atoms with Crippen molar-refractivity contribution < 1.29 is 9.47 Å². The zero-order chi connectivity index (χ0) is 10.2. The standard InChI is InChI=1S/C6H14O2.2C2H6/c1-3-7-5-6-8-4-2;2*1-2/h3-6H2,1-2H3;2*1-2H3. The van der Waals surface area contributed by atoms with Gasteiger partial charge in [0.2, 0.25) is 0 Å². The molecule has 0 N–H and O–H groups in total. The van der Waals surface area contributed by atoms with E-state index in [9.17, 15) is 0 Å². The van der Waals surface area contributed by atoms with E-state index in [-0.39, 0.29) is 0 Å². The molecule has 0 heterocycles. The van der Waals surface area contributed by atoms with Crippen molar-refractivity contribution in [3.05, 3.63) is 0 Å². The molecule has 0 radical (unpaired) electrons. The van der Waals surface area contributed by atoms with Crippen LogP contribution in [0.2, 0.25) is 0 Å². The van der Waals surface area contributed by atoms with Crippen molar-refractivity contribution in [2.24, 2.45) is 0 Å². The molecule has 2 nitrogen and oxygen atoms in total. The summed E-state index contributed by atoms with van der Waals surface area (Å²) in [5, 5.41) is 0. The van der Waals surface area contributed by atoms with Crippen LogP contribution < -0.4 is 0 Å². The molecule has 0 saturated carbocycles. The minimum atomic E-state index is 0.727. The Balaban J connectivity index is -0.000000175. The second-order valence-corrected chi connectivity index (χ2v) is 1.39. The van der Waals surface area contributed by atoms with E-state index in [2.05, 4.69) is 0 Å². The van der Waals surface area contributed by atoms with Crippen LogP contribution in [0, 0.1) is 0 Å². The van der Waals surface area contributed by atoms with E-state index in [4.69, 9.17) is 9.47 Å². The molecular formula is C10H26O2. The Bertz CT molecular complexity index is 32.8. The van der Waals surface area contributed by atoms with Gasteiger partial charge in [0.05, 0.1) is 13.2 Å². The molecule has 0 bridgehead atoms. The average molecular weight is 178 g/mol. The molecule has 0 saturated heterocycles. The maximum Gasteiger partial charge on any atom is 0.0700 e. The van der Waals surface area contributed by atoms with Crippen LogP contribution in [0.5, 0.6) is 0 Å². The smallest absolute Gasteiger partial charge is 0.0700 e. The van der Waals surface area contributed by atoms with E-state index < -0.39 is 0 Å². The SMILES string of the molecule is CC.CC.CCOCCOCC. The molecule has 0 aliphatic rings. The molecule has 0 aliphatic carbocycles. The third-order valence-electron chi connectivity index (χ3n) is 0.780. The topological polar surface area (TPSA) is 18.5 Å². The Kier molecular flexibility index (Phi) is 45.6. The largest absolute Gasteiger partial charge is 0.379 e. The minimum absolute atomic E-state index is 0.727. The maximum absolute atomic E-state index is 5.01. The highest BCUT2D eigenvalue weighted by Crippen LogP contribution is 1.75. The second-order valence-electron chi connectivity index (χ2n) is 1.39. The van der Waals surface area contributed by atoms with E-state index in [1.54, 1.807) is 0 Å². The molecule has 0 atom stereocenters. The summed E-state index contributed by atoms with van der Waals surface area (Å²) in [4.78, 5) is 0. The molecule has 0 aliphatic heterocycles. The zero-order valence-corrected chi connectivity index (χ0v) is 9.64. The van der Waals surface area contributed by atoms with Gasteiger partial charge < -0.3 is 9.47 Å². The fraction of sp³-hybridized carbons (Fsp3) is 1.00. The van der Waals surface area contributed by atoms with E-state index in [1.807, 2.05) is 41.5 Å². The lowest BCUT2D eigenvalue weighted by Crippen LogP contribution is -2.02. The Labute approximate surface area is 78.3 Å². The van der Waals surface area contributed by atoms with Crippen molar-refractivity contribution >= 4 is 0 Å². The fourth-order valence-corrected chi connectivity index (χ4v) is 0.407. The Morgan fingerprint density at radius 3 is 1.08 bits per heavy atom. The highest BCUT2D eigenvalue weighted by atomic mass is 16.5. The Morgan fingerprint density at radius 2 is 0.917 bits per heavy atom. The maximum atomic E-state index is 5.01. The molecule has 0 aromatic carbocycles. The molecule has 78 valence electrons. The van der Waals surface area contributed by atoms with Crippen molar-refractivity contribution in [2.75, 3.05) is 26.4 Å². The summed E-state index contributed by atoms with van der Waals surface area (Å²) in [7, 11) is 0. The summed E-state index contributed by atoms with van der Waals surface area (Å²) >= 11 is 0. The molecule has 12 heavy (non-hydrogen) atoms. The van der Waals surface area contributed by atoms with Crippen LogP contribution >= 0.6 is 0 Å². The van der Waals surface area contributed by atoms with Gasteiger partial charge in [-0.2, -0.15) is 0 Å². The first-order chi connectivity index (χ1) is 5.91. The van der Waals surface area contributed by atoms with Gasteiger partial charge in [-0.3, -0.25) is 0 Å². The summed E-state index contributed by atoms with van der Waals surface area (Å²) in [6.07, 6.45) is 0. The van der Waals surface area contributed by atoms with Gasteiger partial charge in [-0.1, -0.05) is 27.7 Å². The van der Waals surface area contributed by atoms with Crippen LogP contribution in [-0.4, -0.2) is 26.4 Å². The lowest BCUT2D eigenvalue weighted by Gasteiger charge is -1.99. The molecule has 0 unspecified atom stereocenters. The molecule has 0 spiro atoms. The summed E-state index contributed by atoms with van der Waals surface area (Å²) in [6, 6.07) is 0. The summed E-state index contributed by atoms with van der Waals surface area (Å²) < 4.78 is 10.0. The zero-order valence-electron chi connectivity index (χ0n) is 9.64. The molecule has 0 amide bonds. The van der Waals surface area contributed by atoms with Crippen LogP contribution in [0.1, 0.15) is 41.5 Å². The van der Waals surface area contributed by atoms with Crippen LogP contribution in [0.15, 0.2) is 0 Å². The van der Waals surface area contributed by atoms with Gasteiger partial charge in [0.1, 0.15) is 0 Å². The second kappa shape index (κ2) is 30.7. The number of ether oxygens (including phenoxy) is 2. The monoisotopic (exact) mass is 178 g/mol. The summed E-state index contributed by atoms with van der Waals surface area (Å²) in [6.45, 7) is 15.0. The molecule has 0 aromatic heterocycles. The first-order valence-corrected chi connectivity index (χ1v) is 5.07. The normalized spacial score (nSPS) is 7.50. The first kappa shape index (κ1) is 17.9. The highest BCUT2D eigenvalue weighted by molar-refractivity contribution is 4.24. The average Bonchev–Trinajstić information content (AvgIpc) is 2.19. The minimum Gasteiger partial charge on any atom is -0.379 e. The van der Waals surface area contributed by atoms with Crippen LogP contribution in [-0.2, 0) is 9.47 Å². The summed E-state index contributed by atoms with van der Waals surface area (Å²) in [5.74, 6) is 0. The number of hydrogen-bond donors (Lipinski definition) is 0. The van der Waals surface area contributed by atoms with Crippen molar-refractivity contribution in [3.63, 3.8) is 0 Å². The predicted molar refractivity (Wildman–Crippen MR) is 55.7 cm³/mol. The van der Waals surface area contributed by atoms with Crippen LogP contribution in [0.4, 0.5) is 0 Å². The summed E-state index contributed by atoms with van der Waals surface area (Å²) in [5.41, 5.74) is 0. The van der Waals surface area contributed by atoms with Gasteiger partial charge in [-0.25, -0.2) is 0 Å². The van der Waals surface area contributed by atoms with Gasteiger partial charge in [0.15, 0.2) is 0 Å². The van der Waals surface area contributed by atoms with E-state index in [0.717, 1.165) is 26.4 Å². The van der Waals surface area contributed by atoms with Gasteiger partial charge >= 0.3 is 0 Å². The third-order valence-corrected chi connectivity index (χ3v) is 0.780. The molecule has 0 rings (SSSR count). The van der Waals surface area contributed by atoms with Crippen molar-refractivity contribution in [1.29, 1.82) is 0 Å². The molecular weight excluding hydrogens is 152 g/mol. The third kappa shape index (κ3) is 32.6. The van der Waals surface area contributed by atoms with Crippen LogP contribution in [0.3, 0.4) is 0 Å². The van der Waals surface area contributed by atoms with Gasteiger partial charge in [-0.05, 0) is 13.8 Å².